The molecule has 0 aliphatic heterocycles. The zero-order chi connectivity index (χ0) is 22.1. The molecule has 0 bridgehead atoms. The smallest absolute Gasteiger partial charge is 0.316 e. The SMILES string of the molecule is COc1ccc(-c2cnc(OCCCCCC(=O)O)nc2-c2ccc(OC)cc2)cc1. The maximum atomic E-state index is 10.6. The lowest BCUT2D eigenvalue weighted by molar-refractivity contribution is -0.137. The number of methoxy groups -OCH3 is 2. The number of rotatable bonds is 11. The summed E-state index contributed by atoms with van der Waals surface area (Å²) in [5.41, 5.74) is 3.51. The molecule has 0 radical (unpaired) electrons. The Balaban J connectivity index is 1.81. The van der Waals surface area contributed by atoms with Crippen LogP contribution in [0.25, 0.3) is 22.4 Å². The van der Waals surface area contributed by atoms with Gasteiger partial charge in [0.2, 0.25) is 0 Å². The molecule has 0 aliphatic rings. The number of hydrogen-bond donors (Lipinski definition) is 1. The number of aliphatic carboxylic acids is 1. The van der Waals surface area contributed by atoms with E-state index in [-0.39, 0.29) is 6.42 Å². The van der Waals surface area contributed by atoms with E-state index in [9.17, 15) is 4.79 Å². The topological polar surface area (TPSA) is 90.8 Å². The summed E-state index contributed by atoms with van der Waals surface area (Å²) in [6, 6.07) is 15.7. The average Bonchev–Trinajstić information content (AvgIpc) is 2.81. The first-order chi connectivity index (χ1) is 15.1. The van der Waals surface area contributed by atoms with Crippen molar-refractivity contribution in [3.8, 4) is 39.9 Å². The Kier molecular flexibility index (Phi) is 7.81. The molecule has 1 heterocycles. The Labute approximate surface area is 181 Å². The van der Waals surface area contributed by atoms with Crippen LogP contribution in [0.5, 0.6) is 17.5 Å². The van der Waals surface area contributed by atoms with Gasteiger partial charge in [-0.05, 0) is 61.2 Å². The summed E-state index contributed by atoms with van der Waals surface area (Å²) in [5.74, 6) is 0.766. The van der Waals surface area contributed by atoms with Crippen molar-refractivity contribution >= 4 is 5.97 Å². The Morgan fingerprint density at radius 2 is 1.48 bits per heavy atom. The van der Waals surface area contributed by atoms with Crippen molar-refractivity contribution in [3.63, 3.8) is 0 Å². The maximum Gasteiger partial charge on any atom is 0.316 e. The van der Waals surface area contributed by atoms with Crippen molar-refractivity contribution in [1.82, 2.24) is 9.97 Å². The van der Waals surface area contributed by atoms with E-state index in [0.717, 1.165) is 46.7 Å². The monoisotopic (exact) mass is 422 g/mol. The number of aromatic nitrogens is 2. The molecule has 1 aromatic heterocycles. The van der Waals surface area contributed by atoms with Gasteiger partial charge in [0.05, 0.1) is 26.5 Å². The summed E-state index contributed by atoms with van der Waals surface area (Å²) in [4.78, 5) is 19.6. The Bertz CT molecular complexity index is 988. The number of carbonyl (C=O) groups is 1. The molecular formula is C24H26N2O5. The van der Waals surface area contributed by atoms with Gasteiger partial charge >= 0.3 is 12.0 Å². The molecule has 0 fully saturated rings. The van der Waals surface area contributed by atoms with Gasteiger partial charge in [0.1, 0.15) is 11.5 Å². The van der Waals surface area contributed by atoms with Crippen LogP contribution in [-0.2, 0) is 4.79 Å². The third kappa shape index (κ3) is 6.18. The van der Waals surface area contributed by atoms with Gasteiger partial charge in [-0.2, -0.15) is 4.98 Å². The lowest BCUT2D eigenvalue weighted by Gasteiger charge is -2.12. The molecule has 0 unspecified atom stereocenters. The van der Waals surface area contributed by atoms with E-state index < -0.39 is 5.97 Å². The minimum Gasteiger partial charge on any atom is -0.497 e. The van der Waals surface area contributed by atoms with Crippen LogP contribution in [0.3, 0.4) is 0 Å². The van der Waals surface area contributed by atoms with E-state index in [2.05, 4.69) is 9.97 Å². The Hall–Kier alpha value is -3.61. The van der Waals surface area contributed by atoms with Crippen LogP contribution < -0.4 is 14.2 Å². The van der Waals surface area contributed by atoms with Crippen LogP contribution in [-0.4, -0.2) is 41.9 Å². The summed E-state index contributed by atoms with van der Waals surface area (Å²) in [7, 11) is 3.26. The quantitative estimate of drug-likeness (QED) is 0.442. The van der Waals surface area contributed by atoms with Crippen LogP contribution >= 0.6 is 0 Å². The first-order valence-corrected chi connectivity index (χ1v) is 10.1. The summed E-state index contributed by atoms with van der Waals surface area (Å²) in [6.07, 6.45) is 4.09. The molecule has 7 nitrogen and oxygen atoms in total. The number of hydrogen-bond acceptors (Lipinski definition) is 6. The van der Waals surface area contributed by atoms with Gasteiger partial charge in [-0.3, -0.25) is 4.79 Å². The molecule has 0 spiro atoms. The molecule has 162 valence electrons. The largest absolute Gasteiger partial charge is 0.497 e. The molecule has 2 aromatic carbocycles. The standard InChI is InChI=1S/C24H26N2O5/c1-29-19-11-7-17(8-12-19)21-16-25-24(31-15-5-3-4-6-22(27)28)26-23(21)18-9-13-20(30-2)14-10-18/h7-14,16H,3-6,15H2,1-2H3,(H,27,28). The first-order valence-electron chi connectivity index (χ1n) is 10.1. The summed E-state index contributed by atoms with van der Waals surface area (Å²) in [6.45, 7) is 0.434. The Morgan fingerprint density at radius 3 is 2.06 bits per heavy atom. The minimum atomic E-state index is -0.775. The zero-order valence-corrected chi connectivity index (χ0v) is 17.7. The van der Waals surface area contributed by atoms with Crippen LogP contribution in [0.4, 0.5) is 0 Å². The van der Waals surface area contributed by atoms with Gasteiger partial charge in [-0.25, -0.2) is 4.98 Å². The van der Waals surface area contributed by atoms with E-state index in [4.69, 9.17) is 19.3 Å². The maximum absolute atomic E-state index is 10.6. The van der Waals surface area contributed by atoms with Crippen molar-refractivity contribution in [2.24, 2.45) is 0 Å². The molecule has 0 saturated carbocycles. The third-order valence-electron chi connectivity index (χ3n) is 4.80. The fraction of sp³-hybridized carbons (Fsp3) is 0.292. The highest BCUT2D eigenvalue weighted by Crippen LogP contribution is 2.33. The van der Waals surface area contributed by atoms with Crippen molar-refractivity contribution in [1.29, 1.82) is 0 Å². The number of carboxylic acids is 1. The van der Waals surface area contributed by atoms with E-state index in [1.54, 1.807) is 20.4 Å². The second-order valence-electron chi connectivity index (χ2n) is 6.92. The number of unbranched alkanes of at least 4 members (excludes halogenated alkanes) is 2. The Morgan fingerprint density at radius 1 is 0.871 bits per heavy atom. The summed E-state index contributed by atoms with van der Waals surface area (Å²) < 4.78 is 16.2. The van der Waals surface area contributed by atoms with Gasteiger partial charge < -0.3 is 19.3 Å². The molecule has 0 aliphatic carbocycles. The van der Waals surface area contributed by atoms with Gasteiger partial charge in [0.25, 0.3) is 0 Å². The molecule has 0 amide bonds. The average molecular weight is 422 g/mol. The minimum absolute atomic E-state index is 0.175. The van der Waals surface area contributed by atoms with Crippen molar-refractivity contribution in [2.45, 2.75) is 25.7 Å². The van der Waals surface area contributed by atoms with E-state index in [0.29, 0.717) is 19.0 Å². The second kappa shape index (κ2) is 11.0. The highest BCUT2D eigenvalue weighted by Gasteiger charge is 2.13. The molecule has 1 N–H and O–H groups in total. The highest BCUT2D eigenvalue weighted by molar-refractivity contribution is 5.80. The fourth-order valence-corrected chi connectivity index (χ4v) is 3.10. The van der Waals surface area contributed by atoms with Crippen LogP contribution in [0, 0.1) is 0 Å². The van der Waals surface area contributed by atoms with Gasteiger partial charge in [0, 0.05) is 23.7 Å². The molecule has 0 saturated heterocycles. The van der Waals surface area contributed by atoms with Crippen molar-refractivity contribution < 1.29 is 24.1 Å². The molecular weight excluding hydrogens is 396 g/mol. The van der Waals surface area contributed by atoms with Gasteiger partial charge in [-0.1, -0.05) is 12.1 Å². The molecule has 3 aromatic rings. The first kappa shape index (κ1) is 22.1. The van der Waals surface area contributed by atoms with E-state index >= 15 is 0 Å². The predicted molar refractivity (Wildman–Crippen MR) is 118 cm³/mol. The molecule has 7 heteroatoms. The zero-order valence-electron chi connectivity index (χ0n) is 17.7. The fourth-order valence-electron chi connectivity index (χ4n) is 3.10. The number of benzene rings is 2. The van der Waals surface area contributed by atoms with Crippen LogP contribution in [0.15, 0.2) is 54.7 Å². The van der Waals surface area contributed by atoms with Gasteiger partial charge in [0.15, 0.2) is 0 Å². The summed E-state index contributed by atoms with van der Waals surface area (Å²) >= 11 is 0. The van der Waals surface area contributed by atoms with Crippen molar-refractivity contribution in [3.05, 3.63) is 54.7 Å². The van der Waals surface area contributed by atoms with E-state index in [1.807, 2.05) is 48.5 Å². The predicted octanol–water partition coefficient (Wildman–Crippen LogP) is 4.85. The van der Waals surface area contributed by atoms with Gasteiger partial charge in [-0.15, -0.1) is 0 Å². The van der Waals surface area contributed by atoms with Crippen molar-refractivity contribution in [2.75, 3.05) is 20.8 Å². The second-order valence-corrected chi connectivity index (χ2v) is 6.92. The molecule has 0 atom stereocenters. The highest BCUT2D eigenvalue weighted by atomic mass is 16.5. The number of nitrogens with zero attached hydrogens (tertiary/aromatic N) is 2. The lowest BCUT2D eigenvalue weighted by atomic mass is 10.0. The normalized spacial score (nSPS) is 10.5. The molecule has 31 heavy (non-hydrogen) atoms. The van der Waals surface area contributed by atoms with Crippen LogP contribution in [0.1, 0.15) is 25.7 Å². The third-order valence-corrected chi connectivity index (χ3v) is 4.80. The number of carboxylic acid groups (broad SMARTS) is 1. The van der Waals surface area contributed by atoms with E-state index in [1.165, 1.54) is 0 Å². The summed E-state index contributed by atoms with van der Waals surface area (Å²) in [5, 5.41) is 8.70. The number of ether oxygens (including phenoxy) is 3. The molecule has 3 rings (SSSR count). The van der Waals surface area contributed by atoms with Crippen LogP contribution in [0.2, 0.25) is 0 Å². The lowest BCUT2D eigenvalue weighted by Crippen LogP contribution is -2.03.